The summed E-state index contributed by atoms with van der Waals surface area (Å²) >= 11 is 0. The molecule has 2 rings (SSSR count). The first-order valence-corrected chi connectivity index (χ1v) is 5.65. The van der Waals surface area contributed by atoms with Gasteiger partial charge < -0.3 is 10.6 Å². The average Bonchev–Trinajstić information content (AvgIpc) is 2.68. The largest absolute Gasteiger partial charge is 0.309 e. The number of nitrogens with one attached hydrogen (secondary N) is 2. The van der Waals surface area contributed by atoms with Gasteiger partial charge in [0.15, 0.2) is 0 Å². The van der Waals surface area contributed by atoms with Gasteiger partial charge in [-0.05, 0) is 50.9 Å². The number of pyridine rings is 1. The minimum absolute atomic E-state index is 0.0231. The van der Waals surface area contributed by atoms with Crippen LogP contribution in [0.3, 0.4) is 0 Å². The number of anilines is 1. The number of aromatic nitrogens is 1. The van der Waals surface area contributed by atoms with Crippen LogP contribution < -0.4 is 10.6 Å². The monoisotopic (exact) mass is 219 g/mol. The van der Waals surface area contributed by atoms with E-state index in [0.29, 0.717) is 5.82 Å². The highest BCUT2D eigenvalue weighted by atomic mass is 16.2. The zero-order valence-corrected chi connectivity index (χ0v) is 9.71. The molecule has 2 heterocycles. The zero-order valence-electron chi connectivity index (χ0n) is 9.71. The molecule has 4 heteroatoms. The van der Waals surface area contributed by atoms with E-state index in [4.69, 9.17) is 0 Å². The van der Waals surface area contributed by atoms with Crippen LogP contribution in [0, 0.1) is 13.8 Å². The molecule has 0 aromatic carbocycles. The van der Waals surface area contributed by atoms with E-state index in [1.54, 1.807) is 0 Å². The SMILES string of the molecule is Cc1cc(C)nc(NC(=O)C2CCCN2)c1. The van der Waals surface area contributed by atoms with Crippen LogP contribution >= 0.6 is 0 Å². The zero-order chi connectivity index (χ0) is 11.5. The maximum atomic E-state index is 11.8. The van der Waals surface area contributed by atoms with Crippen molar-refractivity contribution < 1.29 is 4.79 Å². The summed E-state index contributed by atoms with van der Waals surface area (Å²) in [7, 11) is 0. The van der Waals surface area contributed by atoms with Crippen LogP contribution in [0.2, 0.25) is 0 Å². The lowest BCUT2D eigenvalue weighted by Crippen LogP contribution is -2.35. The van der Waals surface area contributed by atoms with E-state index in [9.17, 15) is 4.79 Å². The Morgan fingerprint density at radius 1 is 1.50 bits per heavy atom. The van der Waals surface area contributed by atoms with E-state index in [-0.39, 0.29) is 11.9 Å². The minimum Gasteiger partial charge on any atom is -0.309 e. The summed E-state index contributed by atoms with van der Waals surface area (Å²) in [6.07, 6.45) is 1.98. The second kappa shape index (κ2) is 4.61. The first-order chi connectivity index (χ1) is 7.65. The van der Waals surface area contributed by atoms with Crippen LogP contribution in [-0.4, -0.2) is 23.5 Å². The molecule has 1 aliphatic heterocycles. The second-order valence-electron chi connectivity index (χ2n) is 4.31. The summed E-state index contributed by atoms with van der Waals surface area (Å²) in [5, 5.41) is 6.02. The van der Waals surface area contributed by atoms with Crippen LogP contribution in [-0.2, 0) is 4.79 Å². The Balaban J connectivity index is 2.05. The predicted octanol–water partition coefficient (Wildman–Crippen LogP) is 1.39. The second-order valence-corrected chi connectivity index (χ2v) is 4.31. The maximum absolute atomic E-state index is 11.8. The van der Waals surface area contributed by atoms with Gasteiger partial charge in [0.25, 0.3) is 0 Å². The lowest BCUT2D eigenvalue weighted by molar-refractivity contribution is -0.117. The Morgan fingerprint density at radius 2 is 2.31 bits per heavy atom. The normalized spacial score (nSPS) is 19.8. The number of carbonyl (C=O) groups excluding carboxylic acids is 1. The summed E-state index contributed by atoms with van der Waals surface area (Å²) in [6, 6.07) is 3.83. The predicted molar refractivity (Wildman–Crippen MR) is 63.4 cm³/mol. The van der Waals surface area contributed by atoms with Gasteiger partial charge in [-0.3, -0.25) is 4.79 Å². The Hall–Kier alpha value is -1.42. The lowest BCUT2D eigenvalue weighted by Gasteiger charge is -2.11. The third-order valence-corrected chi connectivity index (χ3v) is 2.73. The highest BCUT2D eigenvalue weighted by molar-refractivity contribution is 5.94. The number of nitrogens with zero attached hydrogens (tertiary/aromatic N) is 1. The van der Waals surface area contributed by atoms with Gasteiger partial charge in [0.05, 0.1) is 6.04 Å². The fourth-order valence-electron chi connectivity index (χ4n) is 2.03. The molecule has 16 heavy (non-hydrogen) atoms. The first-order valence-electron chi connectivity index (χ1n) is 5.65. The standard InChI is InChI=1S/C12H17N3O/c1-8-6-9(2)14-11(7-8)15-12(16)10-4-3-5-13-10/h6-7,10,13H,3-5H2,1-2H3,(H,14,15,16). The molecular weight excluding hydrogens is 202 g/mol. The molecule has 4 nitrogen and oxygen atoms in total. The smallest absolute Gasteiger partial charge is 0.242 e. The van der Waals surface area contributed by atoms with Crippen LogP contribution in [0.5, 0.6) is 0 Å². The molecule has 0 radical (unpaired) electrons. The van der Waals surface area contributed by atoms with Gasteiger partial charge in [-0.15, -0.1) is 0 Å². The van der Waals surface area contributed by atoms with Crippen LogP contribution in [0.1, 0.15) is 24.1 Å². The van der Waals surface area contributed by atoms with E-state index in [0.717, 1.165) is 30.6 Å². The lowest BCUT2D eigenvalue weighted by atomic mass is 10.2. The van der Waals surface area contributed by atoms with Crippen molar-refractivity contribution in [3.05, 3.63) is 23.4 Å². The molecular formula is C12H17N3O. The van der Waals surface area contributed by atoms with Gasteiger partial charge in [-0.1, -0.05) is 0 Å². The summed E-state index contributed by atoms with van der Waals surface area (Å²) in [5.74, 6) is 0.672. The van der Waals surface area contributed by atoms with Crippen molar-refractivity contribution in [1.82, 2.24) is 10.3 Å². The van der Waals surface area contributed by atoms with Crippen molar-refractivity contribution in [2.75, 3.05) is 11.9 Å². The number of aryl methyl sites for hydroxylation is 2. The Kier molecular flexibility index (Phi) is 3.19. The third-order valence-electron chi connectivity index (χ3n) is 2.73. The first kappa shape index (κ1) is 11.1. The quantitative estimate of drug-likeness (QED) is 0.790. The van der Waals surface area contributed by atoms with E-state index < -0.39 is 0 Å². The molecule has 0 saturated carbocycles. The molecule has 0 aliphatic carbocycles. The maximum Gasteiger partial charge on any atom is 0.242 e. The van der Waals surface area contributed by atoms with E-state index in [1.165, 1.54) is 0 Å². The van der Waals surface area contributed by atoms with Gasteiger partial charge in [0.2, 0.25) is 5.91 Å². The summed E-state index contributed by atoms with van der Waals surface area (Å²) in [4.78, 5) is 16.1. The summed E-state index contributed by atoms with van der Waals surface area (Å²) < 4.78 is 0. The molecule has 1 aliphatic rings. The molecule has 1 fully saturated rings. The van der Waals surface area contributed by atoms with E-state index in [1.807, 2.05) is 26.0 Å². The molecule has 1 saturated heterocycles. The van der Waals surface area contributed by atoms with E-state index in [2.05, 4.69) is 15.6 Å². The highest BCUT2D eigenvalue weighted by Gasteiger charge is 2.22. The molecule has 86 valence electrons. The number of rotatable bonds is 2. The molecule has 2 N–H and O–H groups in total. The molecule has 0 spiro atoms. The van der Waals surface area contributed by atoms with E-state index >= 15 is 0 Å². The van der Waals surface area contributed by atoms with Crippen LogP contribution in [0.25, 0.3) is 0 Å². The topological polar surface area (TPSA) is 54.0 Å². The number of carbonyl (C=O) groups is 1. The summed E-state index contributed by atoms with van der Waals surface area (Å²) in [6.45, 7) is 4.85. The van der Waals surface area contributed by atoms with Crippen LogP contribution in [0.15, 0.2) is 12.1 Å². The molecule has 1 aromatic rings. The van der Waals surface area contributed by atoms with Crippen molar-refractivity contribution in [2.45, 2.75) is 32.7 Å². The van der Waals surface area contributed by atoms with Gasteiger partial charge in [-0.2, -0.15) is 0 Å². The van der Waals surface area contributed by atoms with Gasteiger partial charge in [0, 0.05) is 5.69 Å². The molecule has 1 aromatic heterocycles. The molecule has 1 atom stereocenters. The molecule has 0 bridgehead atoms. The highest BCUT2D eigenvalue weighted by Crippen LogP contribution is 2.11. The number of hydrogen-bond donors (Lipinski definition) is 2. The van der Waals surface area contributed by atoms with Gasteiger partial charge in [-0.25, -0.2) is 4.98 Å². The Morgan fingerprint density at radius 3 is 2.94 bits per heavy atom. The van der Waals surface area contributed by atoms with Crippen molar-refractivity contribution in [2.24, 2.45) is 0 Å². The molecule has 1 amide bonds. The summed E-state index contributed by atoms with van der Waals surface area (Å²) in [5.41, 5.74) is 2.04. The Bertz CT molecular complexity index is 377. The molecule has 1 unspecified atom stereocenters. The van der Waals surface area contributed by atoms with Crippen molar-refractivity contribution in [3.8, 4) is 0 Å². The minimum atomic E-state index is -0.0531. The fraction of sp³-hybridized carbons (Fsp3) is 0.500. The van der Waals surface area contributed by atoms with Gasteiger partial charge in [0.1, 0.15) is 5.82 Å². The van der Waals surface area contributed by atoms with Crippen LogP contribution in [0.4, 0.5) is 5.82 Å². The van der Waals surface area contributed by atoms with Gasteiger partial charge >= 0.3 is 0 Å². The fourth-order valence-corrected chi connectivity index (χ4v) is 2.03. The van der Waals surface area contributed by atoms with Crippen molar-refractivity contribution in [3.63, 3.8) is 0 Å². The Labute approximate surface area is 95.5 Å². The van der Waals surface area contributed by atoms with Crippen molar-refractivity contribution >= 4 is 11.7 Å². The number of hydrogen-bond acceptors (Lipinski definition) is 3. The van der Waals surface area contributed by atoms with Crippen molar-refractivity contribution in [1.29, 1.82) is 0 Å². The number of amides is 1. The third kappa shape index (κ3) is 2.58. The average molecular weight is 219 g/mol.